The molecule has 0 N–H and O–H groups in total. The van der Waals surface area contributed by atoms with Gasteiger partial charge in [0, 0.05) is 11.4 Å². The molecule has 0 aliphatic carbocycles. The van der Waals surface area contributed by atoms with E-state index in [4.69, 9.17) is 32.7 Å². The summed E-state index contributed by atoms with van der Waals surface area (Å²) in [7, 11) is 0. The second-order valence-corrected chi connectivity index (χ2v) is 22.7. The second kappa shape index (κ2) is 25.4. The molecule has 0 bridgehead atoms. The third-order valence-corrected chi connectivity index (χ3v) is 13.4. The smallest absolute Gasteiger partial charge is 0.793 e. The first kappa shape index (κ1) is 41.9. The van der Waals surface area contributed by atoms with E-state index in [1.807, 2.05) is 0 Å². The summed E-state index contributed by atoms with van der Waals surface area (Å²) in [6.07, 6.45) is 8.57. The van der Waals surface area contributed by atoms with Crippen LogP contribution in [0, 0.1) is 23.7 Å². The average Bonchev–Trinajstić information content (AvgIpc) is 2.69. The summed E-state index contributed by atoms with van der Waals surface area (Å²) in [6.45, 7) is 18.6. The molecule has 0 saturated carbocycles. The van der Waals surface area contributed by atoms with Crippen LogP contribution >= 0.6 is 34.2 Å². The molecule has 0 heterocycles. The zero-order valence-electron chi connectivity index (χ0n) is 23.7. The summed E-state index contributed by atoms with van der Waals surface area (Å²) in [5.74, 6) is 4.44. The molecule has 0 aromatic carbocycles. The van der Waals surface area contributed by atoms with Gasteiger partial charge < -0.3 is 18.8 Å². The fraction of sp³-hybridized carbons (Fsp3) is 1.00. The van der Waals surface area contributed by atoms with E-state index >= 15 is 0 Å². The topological polar surface area (TPSA) is 64.6 Å². The standard InChI is InChI=1S/2C12H27O2PS2.Zn/c2*1-11(2)7-5-9-14-15(13,16)17-10-6-8-12(3)4;/h2*11-12H,5-10H2,1-4H3,(H,13,16);/q;;+2/p-2. The normalized spacial score (nSPS) is 15.0. The Morgan fingerprint density at radius 1 is 0.571 bits per heavy atom. The first-order valence-corrected chi connectivity index (χ1v) is 21.3. The maximum atomic E-state index is 11.9. The van der Waals surface area contributed by atoms with Crippen molar-refractivity contribution in [1.82, 2.24) is 0 Å². The van der Waals surface area contributed by atoms with Crippen molar-refractivity contribution in [2.45, 2.75) is 107 Å². The minimum atomic E-state index is -2.81. The van der Waals surface area contributed by atoms with Crippen molar-refractivity contribution in [1.29, 1.82) is 0 Å². The van der Waals surface area contributed by atoms with E-state index in [1.165, 1.54) is 22.8 Å². The Morgan fingerprint density at radius 2 is 0.829 bits per heavy atom. The summed E-state index contributed by atoms with van der Waals surface area (Å²) in [6, 6.07) is 0. The van der Waals surface area contributed by atoms with E-state index in [-0.39, 0.29) is 19.5 Å². The molecule has 0 radical (unpaired) electrons. The van der Waals surface area contributed by atoms with Crippen molar-refractivity contribution in [3.63, 3.8) is 0 Å². The Labute approximate surface area is 249 Å². The molecule has 11 heteroatoms. The molecule has 0 rings (SSSR count). The van der Waals surface area contributed by atoms with Crippen LogP contribution in [0.25, 0.3) is 0 Å². The van der Waals surface area contributed by atoms with Crippen LogP contribution < -0.4 is 9.79 Å². The molecular weight excluding hydrogens is 608 g/mol. The van der Waals surface area contributed by atoms with Gasteiger partial charge in [0.1, 0.15) is 0 Å². The molecular formula is C24H52O4P2S4Zn. The Kier molecular flexibility index (Phi) is 30.5. The predicted octanol–water partition coefficient (Wildman–Crippen LogP) is 8.38. The third-order valence-electron chi connectivity index (χ3n) is 4.70. The van der Waals surface area contributed by atoms with Crippen LogP contribution in [-0.2, 0) is 52.1 Å². The van der Waals surface area contributed by atoms with Gasteiger partial charge in [-0.05, 0) is 73.7 Å². The molecule has 0 saturated heterocycles. The van der Waals surface area contributed by atoms with Gasteiger partial charge in [0.05, 0.1) is 13.2 Å². The van der Waals surface area contributed by atoms with Gasteiger partial charge in [0.25, 0.3) is 0 Å². The zero-order chi connectivity index (χ0) is 26.6. The van der Waals surface area contributed by atoms with Crippen LogP contribution in [0.2, 0.25) is 0 Å². The van der Waals surface area contributed by atoms with Crippen LogP contribution in [0.4, 0.5) is 0 Å². The molecule has 4 nitrogen and oxygen atoms in total. The molecule has 0 aromatic rings. The summed E-state index contributed by atoms with van der Waals surface area (Å²) in [5.41, 5.74) is -5.62. The van der Waals surface area contributed by atoms with E-state index in [1.54, 1.807) is 0 Å². The fourth-order valence-electron chi connectivity index (χ4n) is 2.75. The molecule has 208 valence electrons. The first-order valence-electron chi connectivity index (χ1n) is 12.9. The van der Waals surface area contributed by atoms with E-state index in [9.17, 15) is 9.79 Å². The number of hydrogen-bond acceptors (Lipinski definition) is 8. The molecule has 0 fully saturated rings. The second-order valence-electron chi connectivity index (χ2n) is 10.4. The average molecular weight is 660 g/mol. The van der Waals surface area contributed by atoms with Crippen molar-refractivity contribution in [3.8, 4) is 0 Å². The van der Waals surface area contributed by atoms with Gasteiger partial charge in [-0.15, -0.1) is 22.8 Å². The molecule has 0 spiro atoms. The van der Waals surface area contributed by atoms with Crippen LogP contribution in [0.3, 0.4) is 0 Å². The molecule has 0 aromatic heterocycles. The van der Waals surface area contributed by atoms with Gasteiger partial charge in [-0.2, -0.15) is 0 Å². The molecule has 35 heavy (non-hydrogen) atoms. The largest absolute Gasteiger partial charge is 2.00 e. The Hall–Kier alpha value is 2.46. The Morgan fingerprint density at radius 3 is 1.09 bits per heavy atom. The van der Waals surface area contributed by atoms with Gasteiger partial charge in [0.2, 0.25) is 0 Å². The van der Waals surface area contributed by atoms with Crippen LogP contribution in [0.5, 0.6) is 0 Å². The Bertz CT molecular complexity index is 480. The first-order chi connectivity index (χ1) is 15.7. The van der Waals surface area contributed by atoms with Crippen molar-refractivity contribution >= 4 is 57.8 Å². The van der Waals surface area contributed by atoms with Gasteiger partial charge >= 0.3 is 19.5 Å². The van der Waals surface area contributed by atoms with Gasteiger partial charge in [-0.3, -0.25) is 0 Å². The van der Waals surface area contributed by atoms with Crippen LogP contribution in [-0.4, -0.2) is 24.7 Å². The van der Waals surface area contributed by atoms with Gasteiger partial charge in [0.15, 0.2) is 0 Å². The Balaban J connectivity index is -0.000000569. The van der Waals surface area contributed by atoms with Crippen molar-refractivity contribution in [3.05, 3.63) is 0 Å². The van der Waals surface area contributed by atoms with Crippen molar-refractivity contribution in [2.75, 3.05) is 24.7 Å². The monoisotopic (exact) mass is 658 g/mol. The minimum absolute atomic E-state index is 0. The maximum Gasteiger partial charge on any atom is 2.00 e. The maximum absolute atomic E-state index is 11.9. The zero-order valence-corrected chi connectivity index (χ0v) is 31.7. The minimum Gasteiger partial charge on any atom is -0.793 e. The van der Waals surface area contributed by atoms with E-state index in [0.29, 0.717) is 36.9 Å². The molecule has 0 aliphatic heterocycles. The van der Waals surface area contributed by atoms with Crippen LogP contribution in [0.15, 0.2) is 0 Å². The summed E-state index contributed by atoms with van der Waals surface area (Å²) in [4.78, 5) is 23.7. The molecule has 2 atom stereocenters. The van der Waals surface area contributed by atoms with Crippen molar-refractivity contribution in [2.24, 2.45) is 23.7 Å². The summed E-state index contributed by atoms with van der Waals surface area (Å²) in [5, 5.41) is 0. The molecule has 0 amide bonds. The molecule has 0 aliphatic rings. The quantitative estimate of drug-likeness (QED) is 0.0734. The van der Waals surface area contributed by atoms with E-state index < -0.39 is 11.4 Å². The van der Waals surface area contributed by atoms with E-state index in [2.05, 4.69) is 55.4 Å². The summed E-state index contributed by atoms with van der Waals surface area (Å²) >= 11 is 12.7. The third kappa shape index (κ3) is 36.5. The van der Waals surface area contributed by atoms with Crippen LogP contribution in [0.1, 0.15) is 107 Å². The van der Waals surface area contributed by atoms with Crippen molar-refractivity contribution < 1.29 is 38.3 Å². The van der Waals surface area contributed by atoms with Gasteiger partial charge in [-0.1, -0.05) is 91.8 Å². The number of rotatable bonds is 20. The van der Waals surface area contributed by atoms with Gasteiger partial charge in [-0.25, -0.2) is 0 Å². The summed E-state index contributed by atoms with van der Waals surface area (Å²) < 4.78 is 10.6. The predicted molar refractivity (Wildman–Crippen MR) is 162 cm³/mol. The number of hydrogen-bond donors (Lipinski definition) is 0. The molecule has 2 unspecified atom stereocenters. The van der Waals surface area contributed by atoms with E-state index in [0.717, 1.165) is 62.9 Å². The fourth-order valence-corrected chi connectivity index (χ4v) is 9.44. The SMILES string of the molecule is CC(C)CCCOP([O-])(=S)SCCCC(C)C.CC(C)CCCOP([O-])(=S)SCCCC(C)C.[Zn+2].